The van der Waals surface area contributed by atoms with Crippen LogP contribution in [0, 0.1) is 13.8 Å². The van der Waals surface area contributed by atoms with Crippen molar-refractivity contribution in [2.24, 2.45) is 0 Å². The van der Waals surface area contributed by atoms with Gasteiger partial charge >= 0.3 is 0 Å². The number of hydrogen-bond donors (Lipinski definition) is 2. The van der Waals surface area contributed by atoms with Crippen LogP contribution in [0.1, 0.15) is 37.9 Å². The van der Waals surface area contributed by atoms with Gasteiger partial charge in [0.15, 0.2) is 11.6 Å². The maximum atomic E-state index is 6.17. The van der Waals surface area contributed by atoms with Gasteiger partial charge in [-0.3, -0.25) is 0 Å². The van der Waals surface area contributed by atoms with E-state index in [1.807, 2.05) is 20.8 Å². The van der Waals surface area contributed by atoms with Crippen molar-refractivity contribution in [1.29, 1.82) is 0 Å². The summed E-state index contributed by atoms with van der Waals surface area (Å²) >= 11 is 0. The summed E-state index contributed by atoms with van der Waals surface area (Å²) in [7, 11) is 0. The van der Waals surface area contributed by atoms with Crippen molar-refractivity contribution in [3.63, 3.8) is 0 Å². The summed E-state index contributed by atoms with van der Waals surface area (Å²) in [6.07, 6.45) is 0. The second-order valence-corrected chi connectivity index (χ2v) is 5.20. The van der Waals surface area contributed by atoms with E-state index < -0.39 is 0 Å². The average Bonchev–Trinajstić information content (AvgIpc) is 2.70. The Balaban J connectivity index is 2.61. The van der Waals surface area contributed by atoms with Crippen molar-refractivity contribution in [3.8, 4) is 0 Å². The summed E-state index contributed by atoms with van der Waals surface area (Å²) in [6.45, 7) is 11.1. The Labute approximate surface area is 119 Å². The van der Waals surface area contributed by atoms with Crippen molar-refractivity contribution < 1.29 is 4.74 Å². The maximum absolute atomic E-state index is 6.17. The Hall–Kier alpha value is -1.82. The molecule has 0 atom stereocenters. The third-order valence-corrected chi connectivity index (χ3v) is 3.25. The van der Waals surface area contributed by atoms with Gasteiger partial charge in [0.05, 0.1) is 5.52 Å². The van der Waals surface area contributed by atoms with Crippen LogP contribution in [0.5, 0.6) is 0 Å². The first-order valence-corrected chi connectivity index (χ1v) is 6.93. The molecule has 0 aromatic carbocycles. The Morgan fingerprint density at radius 2 is 2.00 bits per heavy atom. The molecule has 3 N–H and O–H groups in total. The van der Waals surface area contributed by atoms with E-state index in [9.17, 15) is 0 Å². The van der Waals surface area contributed by atoms with E-state index in [1.165, 1.54) is 0 Å². The first-order chi connectivity index (χ1) is 9.45. The quantitative estimate of drug-likeness (QED) is 0.818. The molecule has 2 heterocycles. The minimum Gasteiger partial charge on any atom is -0.374 e. The van der Waals surface area contributed by atoms with Gasteiger partial charge in [-0.25, -0.2) is 14.6 Å². The van der Waals surface area contributed by atoms with Crippen molar-refractivity contribution in [1.82, 2.24) is 14.6 Å². The molecule has 2 aromatic rings. The molecule has 0 unspecified atom stereocenters. The number of ether oxygens (including phenoxy) is 1. The van der Waals surface area contributed by atoms with Crippen LogP contribution >= 0.6 is 0 Å². The number of anilines is 1. The van der Waals surface area contributed by atoms with E-state index >= 15 is 0 Å². The zero-order valence-corrected chi connectivity index (χ0v) is 12.8. The highest BCUT2D eigenvalue weighted by atomic mass is 16.5. The minimum absolute atomic E-state index is 0.283. The SMILES string of the molecule is CCOCc1nc2c(NC(C)C)nc(C)c(C)c2n1N. The average molecular weight is 277 g/mol. The predicted molar refractivity (Wildman–Crippen MR) is 81.2 cm³/mol. The number of nitrogens with two attached hydrogens (primary N) is 1. The molecule has 0 saturated heterocycles. The first-order valence-electron chi connectivity index (χ1n) is 6.93. The molecule has 0 aliphatic heterocycles. The van der Waals surface area contributed by atoms with E-state index in [1.54, 1.807) is 4.68 Å². The molecule has 0 aliphatic carbocycles. The van der Waals surface area contributed by atoms with Gasteiger partial charge in [0.1, 0.15) is 12.1 Å². The van der Waals surface area contributed by atoms with Crippen molar-refractivity contribution in [2.75, 3.05) is 17.8 Å². The fraction of sp³-hybridized carbons (Fsp3) is 0.571. The Bertz CT molecular complexity index is 618. The highest BCUT2D eigenvalue weighted by Crippen LogP contribution is 2.26. The molecule has 0 radical (unpaired) electrons. The molecule has 20 heavy (non-hydrogen) atoms. The standard InChI is InChI=1S/C14H23N5O/c1-6-20-7-11-18-12-13(19(11)15)9(4)10(5)17-14(12)16-8(2)3/h8H,6-7,15H2,1-5H3,(H,16,17). The molecule has 0 fully saturated rings. The van der Waals surface area contributed by atoms with Gasteiger partial charge in [-0.1, -0.05) is 0 Å². The lowest BCUT2D eigenvalue weighted by Gasteiger charge is -2.12. The number of nitrogen functional groups attached to an aromatic ring is 1. The van der Waals surface area contributed by atoms with Gasteiger partial charge in [-0.2, -0.15) is 0 Å². The lowest BCUT2D eigenvalue weighted by atomic mass is 10.2. The number of hydrogen-bond acceptors (Lipinski definition) is 5. The zero-order valence-electron chi connectivity index (χ0n) is 12.8. The van der Waals surface area contributed by atoms with E-state index in [2.05, 4.69) is 29.1 Å². The monoisotopic (exact) mass is 277 g/mol. The summed E-state index contributed by atoms with van der Waals surface area (Å²) in [6, 6.07) is 0.283. The zero-order chi connectivity index (χ0) is 14.9. The molecule has 6 nitrogen and oxygen atoms in total. The number of rotatable bonds is 5. The van der Waals surface area contributed by atoms with Crippen LogP contribution in [-0.2, 0) is 11.3 Å². The van der Waals surface area contributed by atoms with Crippen molar-refractivity contribution >= 4 is 16.9 Å². The van der Waals surface area contributed by atoms with Gasteiger partial charge in [0.25, 0.3) is 0 Å². The number of nitrogens with one attached hydrogen (secondary N) is 1. The largest absolute Gasteiger partial charge is 0.374 e. The smallest absolute Gasteiger partial charge is 0.154 e. The van der Waals surface area contributed by atoms with E-state index in [0.717, 1.165) is 28.1 Å². The molecule has 110 valence electrons. The van der Waals surface area contributed by atoms with Crippen LogP contribution < -0.4 is 11.2 Å². The summed E-state index contributed by atoms with van der Waals surface area (Å²) in [5.74, 6) is 7.66. The highest BCUT2D eigenvalue weighted by molar-refractivity contribution is 5.89. The van der Waals surface area contributed by atoms with Gasteiger partial charge in [-0.05, 0) is 40.2 Å². The Morgan fingerprint density at radius 1 is 1.30 bits per heavy atom. The summed E-state index contributed by atoms with van der Waals surface area (Å²) in [5, 5.41) is 3.33. The lowest BCUT2D eigenvalue weighted by Crippen LogP contribution is -2.15. The van der Waals surface area contributed by atoms with Gasteiger partial charge in [-0.15, -0.1) is 0 Å². The molecule has 6 heteroatoms. The van der Waals surface area contributed by atoms with E-state index in [4.69, 9.17) is 10.6 Å². The molecule has 0 saturated carbocycles. The topological polar surface area (TPSA) is 78.0 Å². The summed E-state index contributed by atoms with van der Waals surface area (Å²) in [5.41, 5.74) is 3.72. The lowest BCUT2D eigenvalue weighted by molar-refractivity contribution is 0.127. The molecule has 0 aliphatic rings. The Morgan fingerprint density at radius 3 is 2.60 bits per heavy atom. The minimum atomic E-state index is 0.283. The molecule has 0 bridgehead atoms. The van der Waals surface area contributed by atoms with Crippen LogP contribution in [-0.4, -0.2) is 27.3 Å². The third-order valence-electron chi connectivity index (χ3n) is 3.25. The molecule has 2 rings (SSSR count). The second kappa shape index (κ2) is 5.66. The number of imidazole rings is 1. The molecule has 0 amide bonds. The number of fused-ring (bicyclic) bond motifs is 1. The van der Waals surface area contributed by atoms with Gasteiger partial charge in [0, 0.05) is 18.3 Å². The number of pyridine rings is 1. The Kier molecular flexibility index (Phi) is 4.13. The van der Waals surface area contributed by atoms with Gasteiger partial charge in [0.2, 0.25) is 0 Å². The number of aryl methyl sites for hydroxylation is 2. The predicted octanol–water partition coefficient (Wildman–Crippen LogP) is 2.12. The fourth-order valence-corrected chi connectivity index (χ4v) is 2.15. The molecule has 2 aromatic heterocycles. The molecule has 0 spiro atoms. The molecular formula is C14H23N5O. The first kappa shape index (κ1) is 14.6. The van der Waals surface area contributed by atoms with Crippen LogP contribution in [0.2, 0.25) is 0 Å². The van der Waals surface area contributed by atoms with E-state index in [0.29, 0.717) is 19.0 Å². The summed E-state index contributed by atoms with van der Waals surface area (Å²) < 4.78 is 7.03. The van der Waals surface area contributed by atoms with Crippen LogP contribution in [0.3, 0.4) is 0 Å². The highest BCUT2D eigenvalue weighted by Gasteiger charge is 2.17. The summed E-state index contributed by atoms with van der Waals surface area (Å²) in [4.78, 5) is 9.19. The van der Waals surface area contributed by atoms with Crippen LogP contribution in [0.25, 0.3) is 11.0 Å². The van der Waals surface area contributed by atoms with E-state index in [-0.39, 0.29) is 6.04 Å². The third kappa shape index (κ3) is 2.56. The number of aromatic nitrogens is 3. The van der Waals surface area contributed by atoms with Crippen molar-refractivity contribution in [3.05, 3.63) is 17.1 Å². The second-order valence-electron chi connectivity index (χ2n) is 5.20. The molecular weight excluding hydrogens is 254 g/mol. The van der Waals surface area contributed by atoms with Crippen LogP contribution in [0.4, 0.5) is 5.82 Å². The van der Waals surface area contributed by atoms with Gasteiger partial charge < -0.3 is 15.9 Å². The normalized spacial score (nSPS) is 11.5. The number of nitrogens with zero attached hydrogens (tertiary/aromatic N) is 3. The fourth-order valence-electron chi connectivity index (χ4n) is 2.15. The van der Waals surface area contributed by atoms with Crippen molar-refractivity contribution in [2.45, 2.75) is 47.3 Å². The van der Waals surface area contributed by atoms with Crippen LogP contribution in [0.15, 0.2) is 0 Å². The maximum Gasteiger partial charge on any atom is 0.154 e.